The Morgan fingerprint density at radius 3 is 2.50 bits per heavy atom. The summed E-state index contributed by atoms with van der Waals surface area (Å²) in [4.78, 5) is 35.4. The van der Waals surface area contributed by atoms with Crippen molar-refractivity contribution in [2.75, 3.05) is 44.7 Å². The Morgan fingerprint density at radius 1 is 1.08 bits per heavy atom. The van der Waals surface area contributed by atoms with E-state index in [9.17, 15) is 14.0 Å². The maximum Gasteiger partial charge on any atom is 0.265 e. The molecule has 38 heavy (non-hydrogen) atoms. The van der Waals surface area contributed by atoms with Crippen molar-refractivity contribution in [3.8, 4) is 16.9 Å². The van der Waals surface area contributed by atoms with Gasteiger partial charge in [0.25, 0.3) is 5.91 Å². The number of ether oxygens (including phenoxy) is 1. The van der Waals surface area contributed by atoms with Crippen LogP contribution in [0.15, 0.2) is 54.7 Å². The van der Waals surface area contributed by atoms with E-state index >= 15 is 0 Å². The standard InChI is InChI=1S/C28H27Cl2FN4O3/c1-33(27(36)16-35-23-13-21(29)22(30)14-25(23)38-17-28(35)37)24(15-34-10-2-3-11-34)19-6-4-18(5-7-19)20-8-9-32-26(31)12-20/h4-9,12-14,24H,2-3,10-11,15-17H2,1H3. The van der Waals surface area contributed by atoms with E-state index in [2.05, 4.69) is 9.88 Å². The van der Waals surface area contributed by atoms with Crippen molar-refractivity contribution in [1.29, 1.82) is 0 Å². The maximum atomic E-state index is 13.6. The van der Waals surface area contributed by atoms with E-state index in [1.165, 1.54) is 17.2 Å². The van der Waals surface area contributed by atoms with Crippen LogP contribution in [0.25, 0.3) is 11.1 Å². The molecule has 0 N–H and O–H groups in total. The molecule has 1 aromatic heterocycles. The predicted molar refractivity (Wildman–Crippen MR) is 145 cm³/mol. The van der Waals surface area contributed by atoms with Crippen LogP contribution in [-0.2, 0) is 9.59 Å². The lowest BCUT2D eigenvalue weighted by molar-refractivity contribution is -0.133. The number of hydrogen-bond acceptors (Lipinski definition) is 5. The summed E-state index contributed by atoms with van der Waals surface area (Å²) in [5.41, 5.74) is 2.96. The number of anilines is 1. The average molecular weight is 557 g/mol. The first-order valence-electron chi connectivity index (χ1n) is 12.4. The van der Waals surface area contributed by atoms with Crippen molar-refractivity contribution >= 4 is 40.7 Å². The number of likely N-dealkylation sites (N-methyl/N-ethyl adjacent to an activating group) is 1. The summed E-state index contributed by atoms with van der Waals surface area (Å²) in [6, 6.07) is 13.8. The van der Waals surface area contributed by atoms with Gasteiger partial charge in [-0.15, -0.1) is 0 Å². The van der Waals surface area contributed by atoms with E-state index in [0.29, 0.717) is 23.0 Å². The highest BCUT2D eigenvalue weighted by atomic mass is 35.5. The Balaban J connectivity index is 1.39. The largest absolute Gasteiger partial charge is 0.482 e. The molecule has 2 aliphatic rings. The van der Waals surface area contributed by atoms with E-state index < -0.39 is 5.95 Å². The summed E-state index contributed by atoms with van der Waals surface area (Å²) in [6.07, 6.45) is 3.69. The van der Waals surface area contributed by atoms with Gasteiger partial charge in [0, 0.05) is 31.9 Å². The lowest BCUT2D eigenvalue weighted by atomic mass is 10.00. The molecule has 198 valence electrons. The van der Waals surface area contributed by atoms with E-state index in [0.717, 1.165) is 42.6 Å². The second-order valence-electron chi connectivity index (χ2n) is 9.52. The molecule has 3 aromatic rings. The van der Waals surface area contributed by atoms with Crippen LogP contribution in [-0.4, -0.2) is 66.4 Å². The highest BCUT2D eigenvalue weighted by Gasteiger charge is 2.32. The fourth-order valence-corrected chi connectivity index (χ4v) is 5.24. The smallest absolute Gasteiger partial charge is 0.265 e. The van der Waals surface area contributed by atoms with Crippen LogP contribution >= 0.6 is 23.2 Å². The third kappa shape index (κ3) is 5.62. The fraction of sp³-hybridized carbons (Fsp3) is 0.321. The topological polar surface area (TPSA) is 66.0 Å². The first-order chi connectivity index (χ1) is 18.3. The van der Waals surface area contributed by atoms with Gasteiger partial charge in [0.15, 0.2) is 6.61 Å². The van der Waals surface area contributed by atoms with Crippen LogP contribution in [0.3, 0.4) is 0 Å². The zero-order chi connectivity index (χ0) is 26.8. The Kier molecular flexibility index (Phi) is 7.83. The van der Waals surface area contributed by atoms with E-state index in [1.807, 2.05) is 24.3 Å². The van der Waals surface area contributed by atoms with Gasteiger partial charge in [-0.1, -0.05) is 47.5 Å². The van der Waals surface area contributed by atoms with E-state index in [4.69, 9.17) is 27.9 Å². The van der Waals surface area contributed by atoms with Crippen molar-refractivity contribution in [3.63, 3.8) is 0 Å². The quantitative estimate of drug-likeness (QED) is 0.373. The predicted octanol–water partition coefficient (Wildman–Crippen LogP) is 5.22. The number of amides is 2. The summed E-state index contributed by atoms with van der Waals surface area (Å²) in [7, 11) is 1.76. The SMILES string of the molecule is CN(C(=O)CN1C(=O)COc2cc(Cl)c(Cl)cc21)C(CN1CCCC1)c1ccc(-c2ccnc(F)c2)cc1. The number of carbonyl (C=O) groups excluding carboxylic acids is 2. The van der Waals surface area contributed by atoms with Crippen molar-refractivity contribution in [3.05, 3.63) is 76.3 Å². The van der Waals surface area contributed by atoms with Gasteiger partial charge in [-0.2, -0.15) is 4.39 Å². The number of carbonyl (C=O) groups is 2. The molecule has 5 rings (SSSR count). The van der Waals surface area contributed by atoms with Crippen LogP contribution in [0.1, 0.15) is 24.4 Å². The third-order valence-corrected chi connectivity index (χ3v) is 7.81. The second kappa shape index (κ2) is 11.3. The van der Waals surface area contributed by atoms with Gasteiger partial charge in [-0.05, 0) is 54.8 Å². The van der Waals surface area contributed by atoms with Crippen molar-refractivity contribution in [2.24, 2.45) is 0 Å². The van der Waals surface area contributed by atoms with Crippen LogP contribution in [0.5, 0.6) is 5.75 Å². The van der Waals surface area contributed by atoms with E-state index in [1.54, 1.807) is 30.1 Å². The van der Waals surface area contributed by atoms with Crippen molar-refractivity contribution in [2.45, 2.75) is 18.9 Å². The molecule has 1 saturated heterocycles. The molecule has 1 fully saturated rings. The fourth-order valence-electron chi connectivity index (χ4n) is 4.93. The summed E-state index contributed by atoms with van der Waals surface area (Å²) < 4.78 is 19.1. The highest BCUT2D eigenvalue weighted by molar-refractivity contribution is 6.42. The number of rotatable bonds is 7. The summed E-state index contributed by atoms with van der Waals surface area (Å²) in [5.74, 6) is -0.678. The molecular weight excluding hydrogens is 530 g/mol. The first-order valence-corrected chi connectivity index (χ1v) is 13.2. The first kappa shape index (κ1) is 26.4. The van der Waals surface area contributed by atoms with Crippen molar-refractivity contribution in [1.82, 2.24) is 14.8 Å². The van der Waals surface area contributed by atoms with Gasteiger partial charge in [-0.25, -0.2) is 4.98 Å². The number of hydrogen-bond donors (Lipinski definition) is 0. The number of fused-ring (bicyclic) bond motifs is 1. The molecule has 2 aliphatic heterocycles. The third-order valence-electron chi connectivity index (χ3n) is 7.08. The van der Waals surface area contributed by atoms with Crippen LogP contribution in [0.2, 0.25) is 10.0 Å². The number of benzene rings is 2. The molecule has 0 radical (unpaired) electrons. The van der Waals surface area contributed by atoms with Gasteiger partial charge in [0.05, 0.1) is 21.8 Å². The Morgan fingerprint density at radius 2 is 1.79 bits per heavy atom. The second-order valence-corrected chi connectivity index (χ2v) is 10.3. The summed E-state index contributed by atoms with van der Waals surface area (Å²) in [5, 5.41) is 0.586. The van der Waals surface area contributed by atoms with E-state index in [-0.39, 0.29) is 36.0 Å². The lowest BCUT2D eigenvalue weighted by Crippen LogP contribution is -2.47. The molecule has 0 bridgehead atoms. The van der Waals surface area contributed by atoms with Gasteiger partial charge in [0.2, 0.25) is 11.9 Å². The lowest BCUT2D eigenvalue weighted by Gasteiger charge is -2.35. The molecule has 2 aromatic carbocycles. The number of pyridine rings is 1. The number of aromatic nitrogens is 1. The molecule has 10 heteroatoms. The normalized spacial score (nSPS) is 16.2. The summed E-state index contributed by atoms with van der Waals surface area (Å²) >= 11 is 12.3. The average Bonchev–Trinajstić information content (AvgIpc) is 3.43. The Bertz CT molecular complexity index is 1350. The summed E-state index contributed by atoms with van der Waals surface area (Å²) in [6.45, 7) is 2.27. The number of nitrogens with zero attached hydrogens (tertiary/aromatic N) is 4. The molecule has 0 saturated carbocycles. The minimum absolute atomic E-state index is 0.158. The molecule has 7 nitrogen and oxygen atoms in total. The monoisotopic (exact) mass is 556 g/mol. The zero-order valence-corrected chi connectivity index (χ0v) is 22.4. The van der Waals surface area contributed by atoms with Crippen LogP contribution in [0.4, 0.5) is 10.1 Å². The molecule has 3 heterocycles. The minimum atomic E-state index is -0.536. The van der Waals surface area contributed by atoms with Gasteiger partial charge in [-0.3, -0.25) is 14.5 Å². The molecule has 1 atom stereocenters. The number of halogens is 3. The molecule has 0 aliphatic carbocycles. The number of likely N-dealkylation sites (tertiary alicyclic amines) is 1. The molecule has 1 unspecified atom stereocenters. The highest BCUT2D eigenvalue weighted by Crippen LogP contribution is 2.39. The minimum Gasteiger partial charge on any atom is -0.482 e. The van der Waals surface area contributed by atoms with Crippen LogP contribution in [0, 0.1) is 5.95 Å². The zero-order valence-electron chi connectivity index (χ0n) is 20.9. The maximum absolute atomic E-state index is 13.6. The Hall–Kier alpha value is -3.20. The van der Waals surface area contributed by atoms with Gasteiger partial charge >= 0.3 is 0 Å². The van der Waals surface area contributed by atoms with Gasteiger partial charge in [0.1, 0.15) is 12.3 Å². The molecule has 2 amide bonds. The van der Waals surface area contributed by atoms with Crippen LogP contribution < -0.4 is 9.64 Å². The van der Waals surface area contributed by atoms with Gasteiger partial charge < -0.3 is 14.5 Å². The Labute approximate surface area is 230 Å². The molecular formula is C28H27Cl2FN4O3. The molecule has 0 spiro atoms. The van der Waals surface area contributed by atoms with Crippen molar-refractivity contribution < 1.29 is 18.7 Å².